The van der Waals surface area contributed by atoms with Crippen LogP contribution in [-0.2, 0) is 4.74 Å². The monoisotopic (exact) mass is 244 g/mol. The third-order valence-corrected chi connectivity index (χ3v) is 1.82. The van der Waals surface area contributed by atoms with Crippen molar-refractivity contribution in [3.63, 3.8) is 0 Å². The summed E-state index contributed by atoms with van der Waals surface area (Å²) in [5.74, 6) is 0.330. The van der Waals surface area contributed by atoms with Gasteiger partial charge in [0.25, 0.3) is 0 Å². The molecule has 0 aliphatic rings. The highest BCUT2D eigenvalue weighted by Gasteiger charge is 2.29. The molecule has 0 aromatic carbocycles. The molecule has 98 valence electrons. The molecule has 0 aromatic rings. The zero-order valence-electron chi connectivity index (χ0n) is 9.42. The van der Waals surface area contributed by atoms with Gasteiger partial charge in [-0.05, 0) is 12.3 Å². The highest BCUT2D eigenvalue weighted by Crippen LogP contribution is 2.15. The fourth-order valence-corrected chi connectivity index (χ4v) is 1.22. The van der Waals surface area contributed by atoms with Gasteiger partial charge in [-0.15, -0.1) is 0 Å². The lowest BCUT2D eigenvalue weighted by Gasteiger charge is -2.23. The number of aliphatic hydroxyl groups excluding tert-OH is 1. The standard InChI is InChI=1S/C9H19F3N2O2/c1-6(2)3-7(4-13)14-8(15)16-5-9(10,11)12/h6-8,14-15H,3-5,13H2,1-2H3/t7-,8?/m0/s1. The molecule has 0 radical (unpaired) electrons. The van der Waals surface area contributed by atoms with Crippen molar-refractivity contribution < 1.29 is 23.0 Å². The maximum atomic E-state index is 11.8. The molecular formula is C9H19F3N2O2. The molecular weight excluding hydrogens is 225 g/mol. The number of halogens is 3. The number of hydrogen-bond donors (Lipinski definition) is 3. The van der Waals surface area contributed by atoms with Gasteiger partial charge in [0, 0.05) is 12.6 Å². The van der Waals surface area contributed by atoms with E-state index in [1.165, 1.54) is 0 Å². The molecule has 0 aliphatic heterocycles. The summed E-state index contributed by atoms with van der Waals surface area (Å²) in [5.41, 5.74) is 5.40. The smallest absolute Gasteiger partial charge is 0.356 e. The number of aliphatic hydroxyl groups is 1. The van der Waals surface area contributed by atoms with Crippen molar-refractivity contribution in [2.45, 2.75) is 38.9 Å². The molecule has 0 bridgehead atoms. The lowest BCUT2D eigenvalue weighted by molar-refractivity contribution is -0.225. The number of nitrogens with one attached hydrogen (secondary N) is 1. The second-order valence-electron chi connectivity index (χ2n) is 4.01. The summed E-state index contributed by atoms with van der Waals surface area (Å²) in [5, 5.41) is 11.6. The highest BCUT2D eigenvalue weighted by molar-refractivity contribution is 4.68. The maximum Gasteiger partial charge on any atom is 0.411 e. The van der Waals surface area contributed by atoms with Gasteiger partial charge in [0.15, 0.2) is 0 Å². The van der Waals surface area contributed by atoms with Crippen molar-refractivity contribution in [2.24, 2.45) is 11.7 Å². The van der Waals surface area contributed by atoms with Crippen LogP contribution in [0.1, 0.15) is 20.3 Å². The molecule has 7 heteroatoms. The molecule has 0 aliphatic carbocycles. The van der Waals surface area contributed by atoms with Crippen LogP contribution in [0.5, 0.6) is 0 Å². The molecule has 0 heterocycles. The largest absolute Gasteiger partial charge is 0.411 e. The first-order valence-electron chi connectivity index (χ1n) is 5.07. The van der Waals surface area contributed by atoms with E-state index in [0.29, 0.717) is 12.3 Å². The van der Waals surface area contributed by atoms with E-state index in [1.54, 1.807) is 0 Å². The summed E-state index contributed by atoms with van der Waals surface area (Å²) in [6.45, 7) is 2.64. The first kappa shape index (κ1) is 15.6. The van der Waals surface area contributed by atoms with E-state index in [2.05, 4.69) is 10.1 Å². The van der Waals surface area contributed by atoms with Crippen LogP contribution in [0.15, 0.2) is 0 Å². The van der Waals surface area contributed by atoms with E-state index in [9.17, 15) is 13.2 Å². The first-order chi connectivity index (χ1) is 7.24. The third-order valence-electron chi connectivity index (χ3n) is 1.82. The van der Waals surface area contributed by atoms with Crippen LogP contribution in [0.3, 0.4) is 0 Å². The summed E-state index contributed by atoms with van der Waals surface area (Å²) in [6, 6.07) is -0.261. The Morgan fingerprint density at radius 2 is 1.94 bits per heavy atom. The van der Waals surface area contributed by atoms with Crippen molar-refractivity contribution in [2.75, 3.05) is 13.2 Å². The summed E-state index contributed by atoms with van der Waals surface area (Å²) >= 11 is 0. The Morgan fingerprint density at radius 3 is 2.31 bits per heavy atom. The van der Waals surface area contributed by atoms with Gasteiger partial charge >= 0.3 is 6.18 Å². The minimum atomic E-state index is -4.45. The number of alkyl halides is 3. The van der Waals surface area contributed by atoms with Crippen molar-refractivity contribution in [1.82, 2.24) is 5.32 Å². The maximum absolute atomic E-state index is 11.8. The number of hydrogen-bond acceptors (Lipinski definition) is 4. The Morgan fingerprint density at radius 1 is 1.38 bits per heavy atom. The average molecular weight is 244 g/mol. The highest BCUT2D eigenvalue weighted by atomic mass is 19.4. The third kappa shape index (κ3) is 8.90. The van der Waals surface area contributed by atoms with Crippen LogP contribution < -0.4 is 11.1 Å². The molecule has 0 saturated carbocycles. The lowest BCUT2D eigenvalue weighted by atomic mass is 10.0. The number of rotatable bonds is 7. The second kappa shape index (κ2) is 7.05. The number of ether oxygens (including phenoxy) is 1. The molecule has 0 fully saturated rings. The predicted octanol–water partition coefficient (Wildman–Crippen LogP) is 0.804. The van der Waals surface area contributed by atoms with E-state index in [-0.39, 0.29) is 12.6 Å². The van der Waals surface area contributed by atoms with E-state index in [1.807, 2.05) is 13.8 Å². The van der Waals surface area contributed by atoms with Crippen LogP contribution in [0.4, 0.5) is 13.2 Å². The van der Waals surface area contributed by atoms with Crippen LogP contribution in [0, 0.1) is 5.92 Å². The molecule has 4 nitrogen and oxygen atoms in total. The SMILES string of the molecule is CC(C)C[C@@H](CN)NC(O)OCC(F)(F)F. The van der Waals surface area contributed by atoms with Crippen molar-refractivity contribution >= 4 is 0 Å². The topological polar surface area (TPSA) is 67.5 Å². The van der Waals surface area contributed by atoms with E-state index < -0.39 is 19.2 Å². The molecule has 2 atom stereocenters. The van der Waals surface area contributed by atoms with Gasteiger partial charge in [-0.25, -0.2) is 0 Å². The zero-order valence-corrected chi connectivity index (χ0v) is 9.42. The Bertz CT molecular complexity index is 188. The van der Waals surface area contributed by atoms with Gasteiger partial charge in [-0.3, -0.25) is 5.32 Å². The average Bonchev–Trinajstić information content (AvgIpc) is 2.12. The molecule has 1 unspecified atom stereocenters. The quantitative estimate of drug-likeness (QED) is 0.580. The van der Waals surface area contributed by atoms with Crippen LogP contribution in [0.25, 0.3) is 0 Å². The van der Waals surface area contributed by atoms with Gasteiger partial charge in [0.1, 0.15) is 6.61 Å². The molecule has 0 aromatic heterocycles. The van der Waals surface area contributed by atoms with Gasteiger partial charge in [0.2, 0.25) is 6.41 Å². The van der Waals surface area contributed by atoms with E-state index in [0.717, 1.165) is 0 Å². The minimum absolute atomic E-state index is 0.227. The van der Waals surface area contributed by atoms with E-state index in [4.69, 9.17) is 10.8 Å². The zero-order chi connectivity index (χ0) is 12.8. The van der Waals surface area contributed by atoms with Crippen LogP contribution >= 0.6 is 0 Å². The first-order valence-corrected chi connectivity index (χ1v) is 5.07. The normalized spacial score (nSPS) is 16.5. The minimum Gasteiger partial charge on any atom is -0.356 e. The lowest BCUT2D eigenvalue weighted by Crippen LogP contribution is -2.45. The number of nitrogens with two attached hydrogens (primary N) is 1. The summed E-state index contributed by atoms with van der Waals surface area (Å²) in [7, 11) is 0. The Kier molecular flexibility index (Phi) is 6.89. The Labute approximate surface area is 93.0 Å². The van der Waals surface area contributed by atoms with Gasteiger partial charge in [-0.1, -0.05) is 13.8 Å². The Balaban J connectivity index is 3.87. The van der Waals surface area contributed by atoms with Gasteiger partial charge in [-0.2, -0.15) is 13.2 Å². The van der Waals surface area contributed by atoms with Gasteiger partial charge in [0.05, 0.1) is 0 Å². The Hall–Kier alpha value is -0.370. The fraction of sp³-hybridized carbons (Fsp3) is 1.00. The van der Waals surface area contributed by atoms with Crippen molar-refractivity contribution in [3.8, 4) is 0 Å². The van der Waals surface area contributed by atoms with Crippen LogP contribution in [-0.4, -0.2) is 36.9 Å². The van der Waals surface area contributed by atoms with E-state index >= 15 is 0 Å². The summed E-state index contributed by atoms with van der Waals surface area (Å²) in [6.07, 6.45) is -5.43. The van der Waals surface area contributed by atoms with Crippen molar-refractivity contribution in [3.05, 3.63) is 0 Å². The molecule has 0 rings (SSSR count). The molecule has 16 heavy (non-hydrogen) atoms. The summed E-state index contributed by atoms with van der Waals surface area (Å²) < 4.78 is 39.5. The molecule has 4 N–H and O–H groups in total. The van der Waals surface area contributed by atoms with Crippen molar-refractivity contribution in [1.29, 1.82) is 0 Å². The molecule has 0 spiro atoms. The predicted molar refractivity (Wildman–Crippen MR) is 53.4 cm³/mol. The fourth-order valence-electron chi connectivity index (χ4n) is 1.22. The molecule has 0 amide bonds. The molecule has 0 saturated heterocycles. The summed E-state index contributed by atoms with van der Waals surface area (Å²) in [4.78, 5) is 0. The van der Waals surface area contributed by atoms with Crippen LogP contribution in [0.2, 0.25) is 0 Å². The second-order valence-corrected chi connectivity index (χ2v) is 4.01. The van der Waals surface area contributed by atoms with Gasteiger partial charge < -0.3 is 15.6 Å².